The summed E-state index contributed by atoms with van der Waals surface area (Å²) < 4.78 is 0. The Labute approximate surface area is 102 Å². The van der Waals surface area contributed by atoms with Crippen molar-refractivity contribution in [3.8, 4) is 0 Å². The smallest absolute Gasteiger partial charge is 0.244 e. The zero-order valence-corrected chi connectivity index (χ0v) is 10.4. The van der Waals surface area contributed by atoms with Crippen molar-refractivity contribution in [1.29, 1.82) is 0 Å². The van der Waals surface area contributed by atoms with Crippen LogP contribution in [0.15, 0.2) is 0 Å². The van der Waals surface area contributed by atoms with Crippen molar-refractivity contribution in [3.05, 3.63) is 5.82 Å². The van der Waals surface area contributed by atoms with Crippen LogP contribution in [-0.4, -0.2) is 33.8 Å². The Morgan fingerprint density at radius 2 is 2.24 bits per heavy atom. The molecule has 0 bridgehead atoms. The maximum atomic E-state index is 6.10. The number of piperidine rings is 1. The van der Waals surface area contributed by atoms with Gasteiger partial charge in [-0.25, -0.2) is 0 Å². The van der Waals surface area contributed by atoms with Gasteiger partial charge in [-0.3, -0.25) is 5.10 Å². The van der Waals surface area contributed by atoms with Crippen molar-refractivity contribution in [2.45, 2.75) is 51.1 Å². The average Bonchev–Trinajstić information content (AvgIpc) is 3.00. The highest BCUT2D eigenvalue weighted by Gasteiger charge is 2.28. The fraction of sp³-hybridized carbons (Fsp3) is 0.833. The van der Waals surface area contributed by atoms with Gasteiger partial charge in [0.15, 0.2) is 0 Å². The minimum atomic E-state index is 0.245. The summed E-state index contributed by atoms with van der Waals surface area (Å²) in [5, 5.41) is 7.41. The minimum Gasteiger partial charge on any atom is -0.335 e. The van der Waals surface area contributed by atoms with Gasteiger partial charge in [-0.1, -0.05) is 0 Å². The molecule has 5 nitrogen and oxygen atoms in total. The molecule has 1 saturated carbocycles. The fourth-order valence-corrected chi connectivity index (χ4v) is 2.56. The fourth-order valence-electron chi connectivity index (χ4n) is 2.56. The van der Waals surface area contributed by atoms with Gasteiger partial charge >= 0.3 is 0 Å². The molecule has 1 aromatic heterocycles. The van der Waals surface area contributed by atoms with Crippen molar-refractivity contribution in [2.24, 2.45) is 11.7 Å². The monoisotopic (exact) mass is 235 g/mol. The molecular formula is C12H21N5. The van der Waals surface area contributed by atoms with Gasteiger partial charge < -0.3 is 10.6 Å². The van der Waals surface area contributed by atoms with Gasteiger partial charge in [-0.2, -0.15) is 4.98 Å². The molecule has 2 atom stereocenters. The molecule has 2 unspecified atom stereocenters. The third-order valence-electron chi connectivity index (χ3n) is 4.00. The van der Waals surface area contributed by atoms with Gasteiger partial charge in [-0.15, -0.1) is 5.10 Å². The van der Waals surface area contributed by atoms with Gasteiger partial charge in [0.2, 0.25) is 5.95 Å². The Kier molecular flexibility index (Phi) is 2.78. The molecule has 2 heterocycles. The summed E-state index contributed by atoms with van der Waals surface area (Å²) in [6, 6.07) is 0.586. The van der Waals surface area contributed by atoms with Crippen LogP contribution in [-0.2, 0) is 6.42 Å². The Hall–Kier alpha value is -1.10. The summed E-state index contributed by atoms with van der Waals surface area (Å²) in [6.07, 6.45) is 6.00. The number of aromatic amines is 1. The average molecular weight is 235 g/mol. The van der Waals surface area contributed by atoms with E-state index in [4.69, 9.17) is 5.73 Å². The van der Waals surface area contributed by atoms with E-state index in [0.717, 1.165) is 43.5 Å². The zero-order chi connectivity index (χ0) is 11.8. The molecule has 17 heavy (non-hydrogen) atoms. The topological polar surface area (TPSA) is 70.8 Å². The first-order valence-corrected chi connectivity index (χ1v) is 6.67. The van der Waals surface area contributed by atoms with Gasteiger partial charge in [-0.05, 0) is 38.5 Å². The second-order valence-corrected chi connectivity index (χ2v) is 5.47. The van der Waals surface area contributed by atoms with Crippen LogP contribution in [0.2, 0.25) is 0 Å². The molecule has 2 fully saturated rings. The lowest BCUT2D eigenvalue weighted by molar-refractivity contribution is 0.416. The van der Waals surface area contributed by atoms with Gasteiger partial charge in [0.25, 0.3) is 0 Å². The Morgan fingerprint density at radius 1 is 1.41 bits per heavy atom. The van der Waals surface area contributed by atoms with Crippen LogP contribution in [0.25, 0.3) is 0 Å². The SMILES string of the molecule is CC1C(N)CCCN1c1n[nH]c(CC2CC2)n1. The molecule has 0 spiro atoms. The third kappa shape index (κ3) is 2.29. The van der Waals surface area contributed by atoms with Crippen LogP contribution in [0.5, 0.6) is 0 Å². The predicted molar refractivity (Wildman–Crippen MR) is 66.8 cm³/mol. The summed E-state index contributed by atoms with van der Waals surface area (Å²) in [6.45, 7) is 3.19. The van der Waals surface area contributed by atoms with Crippen LogP contribution in [0.4, 0.5) is 5.95 Å². The van der Waals surface area contributed by atoms with Crippen molar-refractivity contribution in [1.82, 2.24) is 15.2 Å². The molecule has 1 aromatic rings. The van der Waals surface area contributed by atoms with E-state index in [2.05, 4.69) is 27.0 Å². The number of nitrogens with one attached hydrogen (secondary N) is 1. The second kappa shape index (κ2) is 4.29. The molecule has 3 N–H and O–H groups in total. The van der Waals surface area contributed by atoms with Crippen molar-refractivity contribution < 1.29 is 0 Å². The Morgan fingerprint density at radius 3 is 3.00 bits per heavy atom. The van der Waals surface area contributed by atoms with Crippen LogP contribution in [0.3, 0.4) is 0 Å². The molecule has 0 amide bonds. The molecule has 1 aliphatic carbocycles. The van der Waals surface area contributed by atoms with E-state index in [0.29, 0.717) is 6.04 Å². The molecular weight excluding hydrogens is 214 g/mol. The normalized spacial score (nSPS) is 29.6. The van der Waals surface area contributed by atoms with Crippen LogP contribution in [0, 0.1) is 5.92 Å². The summed E-state index contributed by atoms with van der Waals surface area (Å²) in [5.41, 5.74) is 6.10. The quantitative estimate of drug-likeness (QED) is 0.822. The number of aromatic nitrogens is 3. The van der Waals surface area contributed by atoms with E-state index in [1.54, 1.807) is 0 Å². The van der Waals surface area contributed by atoms with Crippen LogP contribution < -0.4 is 10.6 Å². The summed E-state index contributed by atoms with van der Waals surface area (Å²) in [4.78, 5) is 6.84. The number of hydrogen-bond donors (Lipinski definition) is 2. The lowest BCUT2D eigenvalue weighted by Crippen LogP contribution is -2.50. The number of H-pyrrole nitrogens is 1. The maximum absolute atomic E-state index is 6.10. The molecule has 1 saturated heterocycles. The maximum Gasteiger partial charge on any atom is 0.244 e. The first-order valence-electron chi connectivity index (χ1n) is 6.67. The van der Waals surface area contributed by atoms with Crippen LogP contribution >= 0.6 is 0 Å². The van der Waals surface area contributed by atoms with Gasteiger partial charge in [0.1, 0.15) is 5.82 Å². The van der Waals surface area contributed by atoms with Gasteiger partial charge in [0, 0.05) is 25.0 Å². The first kappa shape index (κ1) is 11.0. The molecule has 2 aliphatic rings. The Balaban J connectivity index is 1.71. The van der Waals surface area contributed by atoms with E-state index in [1.165, 1.54) is 12.8 Å². The van der Waals surface area contributed by atoms with E-state index in [9.17, 15) is 0 Å². The summed E-state index contributed by atoms with van der Waals surface area (Å²) in [5.74, 6) is 2.72. The highest BCUT2D eigenvalue weighted by atomic mass is 15.4. The number of nitrogens with zero attached hydrogens (tertiary/aromatic N) is 3. The Bertz CT molecular complexity index is 384. The molecule has 1 aliphatic heterocycles. The second-order valence-electron chi connectivity index (χ2n) is 5.47. The summed E-state index contributed by atoms with van der Waals surface area (Å²) >= 11 is 0. The largest absolute Gasteiger partial charge is 0.335 e. The standard InChI is InChI=1S/C12H21N5/c1-8-10(13)3-2-6-17(8)12-14-11(15-16-12)7-9-4-5-9/h8-10H,2-7,13H2,1H3,(H,14,15,16). The molecule has 94 valence electrons. The zero-order valence-electron chi connectivity index (χ0n) is 10.4. The van der Waals surface area contributed by atoms with E-state index < -0.39 is 0 Å². The molecule has 0 aromatic carbocycles. The number of anilines is 1. The number of rotatable bonds is 3. The third-order valence-corrected chi connectivity index (χ3v) is 4.00. The van der Waals surface area contributed by atoms with Crippen molar-refractivity contribution >= 4 is 5.95 Å². The van der Waals surface area contributed by atoms with Crippen LogP contribution in [0.1, 0.15) is 38.4 Å². The summed E-state index contributed by atoms with van der Waals surface area (Å²) in [7, 11) is 0. The van der Waals surface area contributed by atoms with Crippen molar-refractivity contribution in [2.75, 3.05) is 11.4 Å². The molecule has 3 rings (SSSR count). The van der Waals surface area contributed by atoms with E-state index >= 15 is 0 Å². The minimum absolute atomic E-state index is 0.245. The molecule has 0 radical (unpaired) electrons. The first-order chi connectivity index (χ1) is 8.24. The van der Waals surface area contributed by atoms with Gasteiger partial charge in [0.05, 0.1) is 0 Å². The van der Waals surface area contributed by atoms with E-state index in [1.807, 2.05) is 0 Å². The van der Waals surface area contributed by atoms with Crippen molar-refractivity contribution in [3.63, 3.8) is 0 Å². The molecule has 5 heteroatoms. The predicted octanol–water partition coefficient (Wildman–Crippen LogP) is 1.07. The lowest BCUT2D eigenvalue weighted by atomic mass is 9.99. The highest BCUT2D eigenvalue weighted by molar-refractivity contribution is 5.32. The lowest BCUT2D eigenvalue weighted by Gasteiger charge is -2.36. The van der Waals surface area contributed by atoms with E-state index in [-0.39, 0.29) is 6.04 Å². The number of nitrogens with two attached hydrogens (primary N) is 1. The highest BCUT2D eigenvalue weighted by Crippen LogP contribution is 2.32. The number of hydrogen-bond acceptors (Lipinski definition) is 4.